The highest BCUT2D eigenvalue weighted by molar-refractivity contribution is 7.89. The number of nitrogens with two attached hydrogens (primary N) is 1. The quantitative estimate of drug-likeness (QED) is 0.878. The number of nitrogens with zero attached hydrogens (tertiary/aromatic N) is 1. The van der Waals surface area contributed by atoms with E-state index in [4.69, 9.17) is 10.5 Å². The monoisotopic (exact) mass is 306 g/mol. The minimum absolute atomic E-state index is 0.0228. The molecule has 0 bridgehead atoms. The highest BCUT2D eigenvalue weighted by atomic mass is 32.2. The van der Waals surface area contributed by atoms with Gasteiger partial charge in [-0.2, -0.15) is 4.31 Å². The first-order valence-electron chi connectivity index (χ1n) is 6.83. The summed E-state index contributed by atoms with van der Waals surface area (Å²) in [5.74, 6) is 0. The fourth-order valence-electron chi connectivity index (χ4n) is 2.74. The second-order valence-electron chi connectivity index (χ2n) is 5.25. The van der Waals surface area contributed by atoms with Crippen LogP contribution in [0.25, 0.3) is 10.8 Å². The van der Waals surface area contributed by atoms with E-state index in [0.717, 1.165) is 11.8 Å². The Morgan fingerprint density at radius 2 is 2.10 bits per heavy atom. The maximum Gasteiger partial charge on any atom is 0.243 e. The van der Waals surface area contributed by atoms with Crippen LogP contribution in [0, 0.1) is 0 Å². The number of fused-ring (bicyclic) bond motifs is 1. The van der Waals surface area contributed by atoms with Crippen molar-refractivity contribution in [1.29, 1.82) is 0 Å². The molecule has 0 spiro atoms. The molecule has 1 aliphatic rings. The minimum Gasteiger partial charge on any atom is -0.399 e. The van der Waals surface area contributed by atoms with Crippen LogP contribution in [0.3, 0.4) is 0 Å². The molecule has 0 aromatic heterocycles. The lowest BCUT2D eigenvalue weighted by atomic mass is 10.1. The van der Waals surface area contributed by atoms with Gasteiger partial charge in [-0.15, -0.1) is 0 Å². The Morgan fingerprint density at radius 3 is 2.81 bits per heavy atom. The lowest BCUT2D eigenvalue weighted by Crippen LogP contribution is -2.30. The zero-order valence-corrected chi connectivity index (χ0v) is 12.6. The first-order valence-corrected chi connectivity index (χ1v) is 8.27. The molecule has 0 saturated carbocycles. The van der Waals surface area contributed by atoms with Crippen molar-refractivity contribution in [3.63, 3.8) is 0 Å². The molecule has 1 fully saturated rings. The highest BCUT2D eigenvalue weighted by Gasteiger charge is 2.33. The van der Waals surface area contributed by atoms with E-state index in [2.05, 4.69) is 0 Å². The van der Waals surface area contributed by atoms with Crippen LogP contribution in [0.1, 0.15) is 6.42 Å². The number of rotatable bonds is 3. The Morgan fingerprint density at radius 1 is 1.29 bits per heavy atom. The van der Waals surface area contributed by atoms with Gasteiger partial charge in [-0.3, -0.25) is 0 Å². The predicted molar refractivity (Wildman–Crippen MR) is 82.5 cm³/mol. The molecule has 5 nitrogen and oxygen atoms in total. The van der Waals surface area contributed by atoms with Crippen LogP contribution in [0.15, 0.2) is 41.3 Å². The van der Waals surface area contributed by atoms with Gasteiger partial charge in [0.1, 0.15) is 0 Å². The Hall–Kier alpha value is -1.63. The van der Waals surface area contributed by atoms with Crippen molar-refractivity contribution < 1.29 is 13.2 Å². The van der Waals surface area contributed by atoms with Crippen LogP contribution in [0.2, 0.25) is 0 Å². The topological polar surface area (TPSA) is 72.6 Å². The molecule has 1 saturated heterocycles. The second kappa shape index (κ2) is 5.29. The molecule has 0 radical (unpaired) electrons. The molecular formula is C15H18N2O3S. The van der Waals surface area contributed by atoms with Crippen molar-refractivity contribution in [1.82, 2.24) is 4.31 Å². The maximum absolute atomic E-state index is 12.8. The van der Waals surface area contributed by atoms with Crippen LogP contribution in [0.4, 0.5) is 5.69 Å². The lowest BCUT2D eigenvalue weighted by Gasteiger charge is -2.17. The Bertz CT molecular complexity index is 774. The Kier molecular flexibility index (Phi) is 3.61. The zero-order valence-electron chi connectivity index (χ0n) is 11.8. The number of hydrogen-bond donors (Lipinski definition) is 1. The van der Waals surface area contributed by atoms with Crippen molar-refractivity contribution in [2.24, 2.45) is 0 Å². The van der Waals surface area contributed by atoms with Gasteiger partial charge in [0.2, 0.25) is 10.0 Å². The van der Waals surface area contributed by atoms with Crippen LogP contribution in [0.5, 0.6) is 0 Å². The first-order chi connectivity index (χ1) is 10.0. The van der Waals surface area contributed by atoms with E-state index >= 15 is 0 Å². The van der Waals surface area contributed by atoms with E-state index in [1.807, 2.05) is 6.07 Å². The van der Waals surface area contributed by atoms with Gasteiger partial charge in [0.05, 0.1) is 11.0 Å². The third-order valence-corrected chi connectivity index (χ3v) is 5.85. The van der Waals surface area contributed by atoms with Crippen molar-refractivity contribution in [3.8, 4) is 0 Å². The van der Waals surface area contributed by atoms with E-state index in [9.17, 15) is 8.42 Å². The van der Waals surface area contributed by atoms with E-state index in [1.54, 1.807) is 37.4 Å². The van der Waals surface area contributed by atoms with E-state index in [-0.39, 0.29) is 6.10 Å². The molecule has 2 N–H and O–H groups in total. The van der Waals surface area contributed by atoms with E-state index < -0.39 is 10.0 Å². The fraction of sp³-hybridized carbons (Fsp3) is 0.333. The smallest absolute Gasteiger partial charge is 0.243 e. The van der Waals surface area contributed by atoms with E-state index in [1.165, 1.54) is 4.31 Å². The summed E-state index contributed by atoms with van der Waals surface area (Å²) >= 11 is 0. The molecule has 1 unspecified atom stereocenters. The van der Waals surface area contributed by atoms with Crippen molar-refractivity contribution in [3.05, 3.63) is 36.4 Å². The lowest BCUT2D eigenvalue weighted by molar-refractivity contribution is 0.115. The summed E-state index contributed by atoms with van der Waals surface area (Å²) in [6.45, 7) is 0.899. The zero-order chi connectivity index (χ0) is 15.0. The highest BCUT2D eigenvalue weighted by Crippen LogP contribution is 2.29. The summed E-state index contributed by atoms with van der Waals surface area (Å²) in [6, 6.07) is 10.5. The average molecular weight is 306 g/mol. The van der Waals surface area contributed by atoms with Crippen molar-refractivity contribution in [2.45, 2.75) is 17.4 Å². The molecule has 6 heteroatoms. The first kappa shape index (κ1) is 14.3. The van der Waals surface area contributed by atoms with Crippen molar-refractivity contribution in [2.75, 3.05) is 25.9 Å². The number of anilines is 1. The molecule has 21 heavy (non-hydrogen) atoms. The van der Waals surface area contributed by atoms with Gasteiger partial charge in [0, 0.05) is 31.3 Å². The minimum atomic E-state index is -3.51. The molecule has 2 aromatic carbocycles. The summed E-state index contributed by atoms with van der Waals surface area (Å²) in [6.07, 6.45) is 0.707. The Labute approximate surface area is 124 Å². The third-order valence-electron chi connectivity index (χ3n) is 3.92. The summed E-state index contributed by atoms with van der Waals surface area (Å²) in [5, 5.41) is 1.53. The molecule has 2 aromatic rings. The summed E-state index contributed by atoms with van der Waals surface area (Å²) in [5.41, 5.74) is 6.39. The van der Waals surface area contributed by atoms with Gasteiger partial charge < -0.3 is 10.5 Å². The number of benzene rings is 2. The second-order valence-corrected chi connectivity index (χ2v) is 7.15. The summed E-state index contributed by atoms with van der Waals surface area (Å²) in [7, 11) is -1.90. The maximum atomic E-state index is 12.8. The number of ether oxygens (including phenoxy) is 1. The molecule has 3 rings (SSSR count). The van der Waals surface area contributed by atoms with Crippen LogP contribution in [-0.4, -0.2) is 39.0 Å². The standard InChI is InChI=1S/C15H18N2O3S/c1-20-13-7-8-17(10-13)21(18,19)15-4-2-3-11-9-12(16)5-6-14(11)15/h2-6,9,13H,7-8,10,16H2,1H3. The number of sulfonamides is 1. The molecule has 0 aliphatic carbocycles. The number of methoxy groups -OCH3 is 1. The molecule has 1 heterocycles. The SMILES string of the molecule is COC1CCN(S(=O)(=O)c2cccc3cc(N)ccc23)C1. The van der Waals surface area contributed by atoms with Gasteiger partial charge in [0.15, 0.2) is 0 Å². The molecule has 1 atom stereocenters. The van der Waals surface area contributed by atoms with Crippen LogP contribution >= 0.6 is 0 Å². The normalized spacial score (nSPS) is 20.1. The van der Waals surface area contributed by atoms with Crippen LogP contribution in [-0.2, 0) is 14.8 Å². The predicted octanol–water partition coefficient (Wildman–Crippen LogP) is 1.83. The van der Waals surface area contributed by atoms with Crippen molar-refractivity contribution >= 4 is 26.5 Å². The van der Waals surface area contributed by atoms with Gasteiger partial charge in [0.25, 0.3) is 0 Å². The van der Waals surface area contributed by atoms with Gasteiger partial charge in [-0.05, 0) is 30.0 Å². The fourth-order valence-corrected chi connectivity index (χ4v) is 4.45. The number of nitrogen functional groups attached to an aromatic ring is 1. The molecular weight excluding hydrogens is 288 g/mol. The van der Waals surface area contributed by atoms with Gasteiger partial charge >= 0.3 is 0 Å². The third kappa shape index (κ3) is 2.50. The molecule has 112 valence electrons. The van der Waals surface area contributed by atoms with Gasteiger partial charge in [-0.1, -0.05) is 18.2 Å². The Balaban J connectivity index is 2.07. The largest absolute Gasteiger partial charge is 0.399 e. The summed E-state index contributed by atoms with van der Waals surface area (Å²) < 4.78 is 32.4. The molecule has 0 amide bonds. The average Bonchev–Trinajstić information content (AvgIpc) is 2.96. The van der Waals surface area contributed by atoms with Gasteiger partial charge in [-0.25, -0.2) is 8.42 Å². The number of hydrogen-bond acceptors (Lipinski definition) is 4. The summed E-state index contributed by atoms with van der Waals surface area (Å²) in [4.78, 5) is 0.330. The van der Waals surface area contributed by atoms with E-state index in [0.29, 0.717) is 29.1 Å². The van der Waals surface area contributed by atoms with Crippen LogP contribution < -0.4 is 5.73 Å². The molecule has 1 aliphatic heterocycles.